The van der Waals surface area contributed by atoms with Crippen molar-refractivity contribution in [2.75, 3.05) is 45.8 Å². The Labute approximate surface area is 202 Å². The molecule has 0 spiro atoms. The molecule has 1 fully saturated rings. The Hall–Kier alpha value is -1.08. The Morgan fingerprint density at radius 3 is 2.58 bits per heavy atom. The van der Waals surface area contributed by atoms with Crippen molar-refractivity contribution in [3.8, 4) is 0 Å². The summed E-state index contributed by atoms with van der Waals surface area (Å²) in [5.41, 5.74) is 1.24. The minimum Gasteiger partial charge on any atom is -0.357 e. The van der Waals surface area contributed by atoms with Crippen molar-refractivity contribution in [1.82, 2.24) is 20.0 Å². The summed E-state index contributed by atoms with van der Waals surface area (Å²) in [6.45, 7) is 7.24. The normalized spacial score (nSPS) is 18.9. The maximum atomic E-state index is 12.9. The number of piperazine rings is 1. The summed E-state index contributed by atoms with van der Waals surface area (Å²) in [5.74, 6) is 0.763. The summed E-state index contributed by atoms with van der Waals surface area (Å²) in [4.78, 5) is 23.8. The van der Waals surface area contributed by atoms with Crippen LogP contribution in [0.3, 0.4) is 0 Å². The number of carbonyl (C=O) groups is 1. The zero-order valence-electron chi connectivity index (χ0n) is 18.0. The molecule has 3 rings (SSSR count). The second kappa shape index (κ2) is 11.7. The molecule has 0 radical (unpaired) electrons. The number of amides is 1. The number of thiophene rings is 1. The fourth-order valence-corrected chi connectivity index (χ4v) is 4.72. The SMILES string of the molecule is CCNC(=NCCC(=O)N1CCc2sccc2C1)N1CCN(C(C)C(F)(F)F)CC1.I. The Kier molecular flexibility index (Phi) is 9.87. The van der Waals surface area contributed by atoms with Gasteiger partial charge in [-0.1, -0.05) is 0 Å². The molecule has 1 amide bonds. The summed E-state index contributed by atoms with van der Waals surface area (Å²) in [7, 11) is 0. The van der Waals surface area contributed by atoms with E-state index in [-0.39, 0.29) is 29.9 Å². The van der Waals surface area contributed by atoms with Gasteiger partial charge >= 0.3 is 6.18 Å². The fraction of sp³-hybridized carbons (Fsp3) is 0.700. The van der Waals surface area contributed by atoms with Crippen molar-refractivity contribution in [3.63, 3.8) is 0 Å². The molecular weight excluding hydrogens is 542 g/mol. The number of hydrogen-bond donors (Lipinski definition) is 1. The molecule has 1 unspecified atom stereocenters. The molecule has 0 bridgehead atoms. The third-order valence-corrected chi connectivity index (χ3v) is 6.74. The Balaban J connectivity index is 0.00000341. The van der Waals surface area contributed by atoms with E-state index in [1.165, 1.54) is 22.3 Å². The first-order valence-electron chi connectivity index (χ1n) is 10.5. The topological polar surface area (TPSA) is 51.2 Å². The molecule has 6 nitrogen and oxygen atoms in total. The highest BCUT2D eigenvalue weighted by Crippen LogP contribution is 2.26. The van der Waals surface area contributed by atoms with Gasteiger partial charge in [0.1, 0.15) is 6.04 Å². The number of fused-ring (bicyclic) bond motifs is 1. The van der Waals surface area contributed by atoms with Crippen molar-refractivity contribution in [1.29, 1.82) is 0 Å². The van der Waals surface area contributed by atoms with Crippen LogP contribution < -0.4 is 5.32 Å². The number of guanidine groups is 1. The van der Waals surface area contributed by atoms with Crippen LogP contribution >= 0.6 is 35.3 Å². The highest BCUT2D eigenvalue weighted by molar-refractivity contribution is 14.0. The van der Waals surface area contributed by atoms with Gasteiger partial charge in [0.05, 0.1) is 6.54 Å². The average molecular weight is 573 g/mol. The van der Waals surface area contributed by atoms with Crippen LogP contribution in [0.25, 0.3) is 0 Å². The van der Waals surface area contributed by atoms with E-state index in [0.29, 0.717) is 58.2 Å². The van der Waals surface area contributed by atoms with Crippen LogP contribution in [0.2, 0.25) is 0 Å². The van der Waals surface area contributed by atoms with Crippen LogP contribution in [0.4, 0.5) is 13.2 Å². The molecule has 2 aliphatic rings. The molecule has 1 aromatic heterocycles. The maximum absolute atomic E-state index is 12.9. The van der Waals surface area contributed by atoms with E-state index in [1.54, 1.807) is 11.3 Å². The zero-order chi connectivity index (χ0) is 21.7. The van der Waals surface area contributed by atoms with E-state index in [0.717, 1.165) is 13.0 Å². The summed E-state index contributed by atoms with van der Waals surface area (Å²) in [6.07, 6.45) is -2.97. The third-order valence-electron chi connectivity index (χ3n) is 5.72. The van der Waals surface area contributed by atoms with Crippen LogP contribution in [0.15, 0.2) is 16.4 Å². The van der Waals surface area contributed by atoms with Crippen LogP contribution in [0, 0.1) is 0 Å². The fourth-order valence-electron chi connectivity index (χ4n) is 3.83. The van der Waals surface area contributed by atoms with Gasteiger partial charge in [0.2, 0.25) is 5.91 Å². The van der Waals surface area contributed by atoms with Crippen molar-refractivity contribution in [3.05, 3.63) is 21.9 Å². The van der Waals surface area contributed by atoms with Gasteiger partial charge in [0, 0.05) is 57.1 Å². The van der Waals surface area contributed by atoms with Gasteiger partial charge in [-0.3, -0.25) is 14.7 Å². The minimum absolute atomic E-state index is 0. The quantitative estimate of drug-likeness (QED) is 0.334. The molecule has 1 aromatic rings. The van der Waals surface area contributed by atoms with E-state index < -0.39 is 12.2 Å². The number of nitrogens with zero attached hydrogens (tertiary/aromatic N) is 4. The van der Waals surface area contributed by atoms with Crippen LogP contribution in [-0.4, -0.2) is 84.6 Å². The van der Waals surface area contributed by atoms with Crippen LogP contribution in [0.1, 0.15) is 30.7 Å². The van der Waals surface area contributed by atoms with Crippen molar-refractivity contribution >= 4 is 47.2 Å². The highest BCUT2D eigenvalue weighted by Gasteiger charge is 2.41. The molecule has 2 aliphatic heterocycles. The Morgan fingerprint density at radius 2 is 1.94 bits per heavy atom. The van der Waals surface area contributed by atoms with Gasteiger partial charge in [-0.05, 0) is 37.3 Å². The van der Waals surface area contributed by atoms with Gasteiger partial charge < -0.3 is 15.1 Å². The first-order chi connectivity index (χ1) is 14.3. The lowest BCUT2D eigenvalue weighted by Crippen LogP contribution is -2.56. The van der Waals surface area contributed by atoms with Crippen molar-refractivity contribution in [2.24, 2.45) is 4.99 Å². The van der Waals surface area contributed by atoms with Crippen LogP contribution in [0.5, 0.6) is 0 Å². The minimum atomic E-state index is -4.21. The van der Waals surface area contributed by atoms with Crippen LogP contribution in [-0.2, 0) is 17.8 Å². The van der Waals surface area contributed by atoms with E-state index in [9.17, 15) is 18.0 Å². The Morgan fingerprint density at radius 1 is 1.23 bits per heavy atom. The molecule has 0 aliphatic carbocycles. The zero-order valence-corrected chi connectivity index (χ0v) is 21.1. The molecule has 0 aromatic carbocycles. The van der Waals surface area contributed by atoms with Gasteiger partial charge in [0.15, 0.2) is 5.96 Å². The van der Waals surface area contributed by atoms with E-state index in [1.807, 2.05) is 16.7 Å². The average Bonchev–Trinajstić information content (AvgIpc) is 3.20. The molecule has 1 N–H and O–H groups in total. The van der Waals surface area contributed by atoms with Gasteiger partial charge in [0.25, 0.3) is 0 Å². The molecule has 11 heteroatoms. The molecular formula is C20H31F3IN5OS. The number of hydrogen-bond acceptors (Lipinski definition) is 4. The molecule has 1 atom stereocenters. The number of carbonyl (C=O) groups excluding carboxylic acids is 1. The lowest BCUT2D eigenvalue weighted by molar-refractivity contribution is -0.181. The smallest absolute Gasteiger partial charge is 0.357 e. The summed E-state index contributed by atoms with van der Waals surface area (Å²) >= 11 is 1.75. The Bertz CT molecular complexity index is 749. The predicted molar refractivity (Wildman–Crippen MR) is 128 cm³/mol. The molecule has 1 saturated heterocycles. The van der Waals surface area contributed by atoms with E-state index in [4.69, 9.17) is 0 Å². The van der Waals surface area contributed by atoms with Gasteiger partial charge in [-0.25, -0.2) is 0 Å². The number of halogens is 4. The molecule has 0 saturated carbocycles. The second-order valence-corrected chi connectivity index (χ2v) is 8.66. The number of nitrogens with one attached hydrogen (secondary N) is 1. The van der Waals surface area contributed by atoms with E-state index >= 15 is 0 Å². The monoisotopic (exact) mass is 573 g/mol. The van der Waals surface area contributed by atoms with Gasteiger partial charge in [-0.15, -0.1) is 35.3 Å². The lowest BCUT2D eigenvalue weighted by atomic mass is 10.1. The number of aliphatic imine (C=N–C) groups is 1. The molecule has 176 valence electrons. The molecule has 31 heavy (non-hydrogen) atoms. The van der Waals surface area contributed by atoms with Crippen molar-refractivity contribution in [2.45, 2.75) is 45.5 Å². The third kappa shape index (κ3) is 6.95. The first-order valence-corrected chi connectivity index (χ1v) is 11.3. The standard InChI is InChI=1S/C20H30F3N5OS.HI/c1-3-24-19(27-11-9-26(10-12-27)15(2)20(21,22)23)25-7-4-18(29)28-8-5-17-16(14-28)6-13-30-17;/h6,13,15H,3-5,7-12,14H2,1-2H3,(H,24,25);1H. The highest BCUT2D eigenvalue weighted by atomic mass is 127. The predicted octanol–water partition coefficient (Wildman–Crippen LogP) is 3.17. The summed E-state index contributed by atoms with van der Waals surface area (Å²) in [5, 5.41) is 5.27. The lowest BCUT2D eigenvalue weighted by Gasteiger charge is -2.39. The van der Waals surface area contributed by atoms with Crippen molar-refractivity contribution < 1.29 is 18.0 Å². The summed E-state index contributed by atoms with van der Waals surface area (Å²) in [6, 6.07) is 0.644. The first kappa shape index (κ1) is 26.2. The van der Waals surface area contributed by atoms with Gasteiger partial charge in [-0.2, -0.15) is 13.2 Å². The largest absolute Gasteiger partial charge is 0.403 e. The molecule has 3 heterocycles. The summed E-state index contributed by atoms with van der Waals surface area (Å²) < 4.78 is 38.8. The second-order valence-electron chi connectivity index (χ2n) is 7.66. The maximum Gasteiger partial charge on any atom is 0.403 e. The number of rotatable bonds is 5. The van der Waals surface area contributed by atoms with E-state index in [2.05, 4.69) is 21.8 Å². The number of alkyl halides is 3.